The zero-order valence-corrected chi connectivity index (χ0v) is 28.8. The Balaban J connectivity index is 1.20. The Morgan fingerprint density at radius 2 is 1.04 bits per heavy atom. The third-order valence-corrected chi connectivity index (χ3v) is 11.5. The highest BCUT2D eigenvalue weighted by Crippen LogP contribution is 2.47. The van der Waals surface area contributed by atoms with Crippen molar-refractivity contribution in [3.8, 4) is 16.8 Å². The fraction of sp³-hybridized carbons (Fsp3) is 0. The number of fused-ring (bicyclic) bond motifs is 9. The van der Waals surface area contributed by atoms with Crippen LogP contribution in [0.2, 0.25) is 0 Å². The van der Waals surface area contributed by atoms with E-state index in [9.17, 15) is 0 Å². The molecule has 0 saturated carbocycles. The molecule has 11 aromatic rings. The number of furan rings is 1. The van der Waals surface area contributed by atoms with E-state index in [1.165, 1.54) is 36.5 Å². The maximum absolute atomic E-state index is 7.01. The van der Waals surface area contributed by atoms with Crippen molar-refractivity contribution in [3.63, 3.8) is 0 Å². The van der Waals surface area contributed by atoms with Crippen molar-refractivity contribution >= 4 is 92.3 Å². The van der Waals surface area contributed by atoms with Crippen molar-refractivity contribution in [2.45, 2.75) is 0 Å². The van der Waals surface area contributed by atoms with Gasteiger partial charge in [0, 0.05) is 64.3 Å². The van der Waals surface area contributed by atoms with Gasteiger partial charge in [-0.2, -0.15) is 0 Å². The van der Waals surface area contributed by atoms with Crippen molar-refractivity contribution < 1.29 is 4.42 Å². The summed E-state index contributed by atoms with van der Waals surface area (Å²) in [5.74, 6) is 0. The van der Waals surface area contributed by atoms with Gasteiger partial charge in [0.1, 0.15) is 5.58 Å². The van der Waals surface area contributed by atoms with Gasteiger partial charge in [-0.1, -0.05) is 127 Å². The topological polar surface area (TPSA) is 21.3 Å². The van der Waals surface area contributed by atoms with Crippen LogP contribution in [0.3, 0.4) is 0 Å². The molecule has 0 amide bonds. The highest BCUT2D eigenvalue weighted by molar-refractivity contribution is 7.25. The lowest BCUT2D eigenvalue weighted by molar-refractivity contribution is 0.670. The molecule has 3 heterocycles. The molecule has 3 nitrogen and oxygen atoms in total. The van der Waals surface area contributed by atoms with Crippen LogP contribution in [0.15, 0.2) is 186 Å². The maximum Gasteiger partial charge on any atom is 0.159 e. The van der Waals surface area contributed by atoms with E-state index < -0.39 is 0 Å². The Morgan fingerprint density at radius 3 is 1.88 bits per heavy atom. The van der Waals surface area contributed by atoms with Gasteiger partial charge in [0.2, 0.25) is 0 Å². The van der Waals surface area contributed by atoms with E-state index in [2.05, 4.69) is 191 Å². The molecule has 0 radical (unpaired) electrons. The van der Waals surface area contributed by atoms with Crippen LogP contribution in [0.1, 0.15) is 0 Å². The lowest BCUT2D eigenvalue weighted by Gasteiger charge is -2.26. The molecule has 0 aliphatic heterocycles. The first-order valence-electron chi connectivity index (χ1n) is 17.6. The number of hydrogen-bond donors (Lipinski definition) is 0. The second-order valence-corrected chi connectivity index (χ2v) is 14.4. The zero-order chi connectivity index (χ0) is 34.2. The van der Waals surface area contributed by atoms with E-state index in [0.717, 1.165) is 61.3 Å². The minimum absolute atomic E-state index is 0.862. The van der Waals surface area contributed by atoms with Gasteiger partial charge in [0.05, 0.1) is 16.7 Å². The quantitative estimate of drug-likeness (QED) is 0.180. The Labute approximate surface area is 303 Å². The molecule has 0 N–H and O–H groups in total. The summed E-state index contributed by atoms with van der Waals surface area (Å²) in [5, 5.41) is 7.23. The molecule has 0 atom stereocenters. The van der Waals surface area contributed by atoms with E-state index in [4.69, 9.17) is 4.42 Å². The van der Waals surface area contributed by atoms with E-state index >= 15 is 0 Å². The second kappa shape index (κ2) is 11.5. The molecule has 0 unspecified atom stereocenters. The molecule has 4 heteroatoms. The molecular formula is C48H30N2OS. The van der Waals surface area contributed by atoms with Gasteiger partial charge >= 0.3 is 0 Å². The average molecular weight is 683 g/mol. The number of aromatic nitrogens is 1. The molecule has 8 aromatic carbocycles. The summed E-state index contributed by atoms with van der Waals surface area (Å²) in [6, 6.07) is 65.3. The normalized spacial score (nSPS) is 11.8. The molecule has 52 heavy (non-hydrogen) atoms. The van der Waals surface area contributed by atoms with Crippen LogP contribution >= 0.6 is 11.3 Å². The van der Waals surface area contributed by atoms with E-state index in [0.29, 0.717) is 0 Å². The van der Waals surface area contributed by atoms with Gasteiger partial charge in [-0.3, -0.25) is 0 Å². The maximum atomic E-state index is 7.01. The molecule has 244 valence electrons. The Bertz CT molecular complexity index is 3130. The van der Waals surface area contributed by atoms with Gasteiger partial charge in [0.15, 0.2) is 5.58 Å². The minimum atomic E-state index is 0.862. The Kier molecular flexibility index (Phi) is 6.42. The van der Waals surface area contributed by atoms with Crippen LogP contribution in [0, 0.1) is 0 Å². The number of rotatable bonds is 5. The lowest BCUT2D eigenvalue weighted by atomic mass is 10.0. The van der Waals surface area contributed by atoms with Crippen LogP contribution in [0.25, 0.3) is 80.7 Å². The number of benzene rings is 8. The summed E-state index contributed by atoms with van der Waals surface area (Å²) in [6.07, 6.45) is 0. The van der Waals surface area contributed by atoms with Crippen molar-refractivity contribution in [1.82, 2.24) is 4.57 Å². The third kappa shape index (κ3) is 4.38. The number of nitrogens with zero attached hydrogens (tertiary/aromatic N) is 2. The van der Waals surface area contributed by atoms with Gasteiger partial charge in [-0.25, -0.2) is 0 Å². The number of hydrogen-bond acceptors (Lipinski definition) is 3. The number of anilines is 3. The first-order chi connectivity index (χ1) is 25.8. The van der Waals surface area contributed by atoms with Crippen molar-refractivity contribution in [3.05, 3.63) is 182 Å². The molecular weight excluding hydrogens is 653 g/mol. The molecule has 0 bridgehead atoms. The predicted molar refractivity (Wildman–Crippen MR) is 221 cm³/mol. The summed E-state index contributed by atoms with van der Waals surface area (Å²) in [6.45, 7) is 0. The summed E-state index contributed by atoms with van der Waals surface area (Å²) in [4.78, 5) is 2.38. The monoisotopic (exact) mass is 682 g/mol. The molecule has 0 spiro atoms. The van der Waals surface area contributed by atoms with Crippen LogP contribution in [0.5, 0.6) is 0 Å². The van der Waals surface area contributed by atoms with Crippen LogP contribution < -0.4 is 4.90 Å². The molecule has 0 aliphatic carbocycles. The Morgan fingerprint density at radius 1 is 0.423 bits per heavy atom. The SMILES string of the molecule is c1ccc(-c2cccc3c2oc2c(N(c4ccc5c(c4)sc4ccccc45)c4ccc5c6ccccc6n(-c6ccccc6)c5c4)cccc23)cc1. The van der Waals surface area contributed by atoms with Crippen molar-refractivity contribution in [2.24, 2.45) is 0 Å². The molecule has 0 saturated heterocycles. The summed E-state index contributed by atoms with van der Waals surface area (Å²) < 4.78 is 11.9. The van der Waals surface area contributed by atoms with E-state index in [-0.39, 0.29) is 0 Å². The molecule has 0 fully saturated rings. The lowest BCUT2D eigenvalue weighted by Crippen LogP contribution is -2.10. The zero-order valence-electron chi connectivity index (χ0n) is 28.0. The van der Waals surface area contributed by atoms with Crippen molar-refractivity contribution in [2.75, 3.05) is 4.90 Å². The average Bonchev–Trinajstić information content (AvgIpc) is 3.88. The van der Waals surface area contributed by atoms with Gasteiger partial charge in [-0.15, -0.1) is 11.3 Å². The van der Waals surface area contributed by atoms with Gasteiger partial charge < -0.3 is 13.9 Å². The molecule has 3 aromatic heterocycles. The highest BCUT2D eigenvalue weighted by atomic mass is 32.1. The molecule has 0 aliphatic rings. The molecule has 11 rings (SSSR count). The van der Waals surface area contributed by atoms with Crippen molar-refractivity contribution in [1.29, 1.82) is 0 Å². The first-order valence-corrected chi connectivity index (χ1v) is 18.4. The largest absolute Gasteiger partial charge is 0.453 e. The summed E-state index contributed by atoms with van der Waals surface area (Å²) >= 11 is 1.84. The third-order valence-electron chi connectivity index (χ3n) is 10.4. The van der Waals surface area contributed by atoms with Gasteiger partial charge in [0.25, 0.3) is 0 Å². The van der Waals surface area contributed by atoms with Gasteiger partial charge in [-0.05, 0) is 60.2 Å². The van der Waals surface area contributed by atoms with Crippen LogP contribution in [-0.2, 0) is 0 Å². The smallest absolute Gasteiger partial charge is 0.159 e. The number of thiophene rings is 1. The van der Waals surface area contributed by atoms with E-state index in [1.54, 1.807) is 0 Å². The Hall–Kier alpha value is -6.62. The highest BCUT2D eigenvalue weighted by Gasteiger charge is 2.23. The second-order valence-electron chi connectivity index (χ2n) is 13.3. The van der Waals surface area contributed by atoms with E-state index in [1.807, 2.05) is 11.3 Å². The fourth-order valence-electron chi connectivity index (χ4n) is 8.06. The summed E-state index contributed by atoms with van der Waals surface area (Å²) in [5.41, 5.74) is 10.6. The number of para-hydroxylation sites is 4. The predicted octanol–water partition coefficient (Wildman–Crippen LogP) is 14.2. The first kappa shape index (κ1) is 29.1. The van der Waals surface area contributed by atoms with Crippen LogP contribution in [0.4, 0.5) is 17.1 Å². The fourth-order valence-corrected chi connectivity index (χ4v) is 9.20. The standard InChI is InChI=1S/C48H30N2OS/c1-3-13-31(14-4-1)35-19-11-20-40-41-21-12-23-43(48(41)51-47(35)40)49(34-26-28-39-38-18-8-10-24-45(38)52-46(39)30-34)33-25-27-37-36-17-7-9-22-42(36)50(44(37)29-33)32-15-5-2-6-16-32/h1-30H. The summed E-state index contributed by atoms with van der Waals surface area (Å²) in [7, 11) is 0. The van der Waals surface area contributed by atoms with Crippen LogP contribution in [-0.4, -0.2) is 4.57 Å². The minimum Gasteiger partial charge on any atom is -0.453 e.